The molecule has 43 heavy (non-hydrogen) atoms. The van der Waals surface area contributed by atoms with Gasteiger partial charge in [-0.15, -0.1) is 0 Å². The van der Waals surface area contributed by atoms with Gasteiger partial charge in [0.2, 0.25) is 11.8 Å². The molecule has 0 saturated carbocycles. The highest BCUT2D eigenvalue weighted by molar-refractivity contribution is 6.05. The van der Waals surface area contributed by atoms with Crippen molar-refractivity contribution in [1.82, 2.24) is 10.2 Å². The van der Waals surface area contributed by atoms with Crippen molar-refractivity contribution < 1.29 is 38.5 Å². The van der Waals surface area contributed by atoms with Crippen LogP contribution in [0.3, 0.4) is 0 Å². The zero-order valence-electron chi connectivity index (χ0n) is 25.1. The van der Waals surface area contributed by atoms with Crippen LogP contribution in [0.15, 0.2) is 48.6 Å². The monoisotopic (exact) mass is 595 g/mol. The van der Waals surface area contributed by atoms with Gasteiger partial charge in [-0.05, 0) is 49.9 Å². The number of aliphatic hydroxyl groups excluding tert-OH is 1. The third-order valence-electron chi connectivity index (χ3n) is 8.70. The Morgan fingerprint density at radius 2 is 1.86 bits per heavy atom. The molecule has 232 valence electrons. The number of hydrogen-bond acceptors (Lipinski definition) is 8. The van der Waals surface area contributed by atoms with Crippen LogP contribution in [0.25, 0.3) is 0 Å². The highest BCUT2D eigenvalue weighted by atomic mass is 16.6. The molecule has 4 aliphatic heterocycles. The number of nitrogens with zero attached hydrogens (tertiary/aromatic N) is 2. The summed E-state index contributed by atoms with van der Waals surface area (Å²) in [5, 5.41) is 13.3. The normalized spacial score (nSPS) is 32.6. The summed E-state index contributed by atoms with van der Waals surface area (Å²) in [5.74, 6) is -2.91. The Labute approximate surface area is 251 Å². The Balaban J connectivity index is 1.61. The van der Waals surface area contributed by atoms with Crippen molar-refractivity contribution >= 4 is 29.4 Å². The number of nitrogens with one attached hydrogen (secondary N) is 1. The van der Waals surface area contributed by atoms with Gasteiger partial charge in [0.1, 0.15) is 29.4 Å². The molecule has 1 spiro atoms. The maximum absolute atomic E-state index is 14.6. The Hall–Kier alpha value is -3.70. The molecule has 5 rings (SSSR count). The molecule has 4 aliphatic rings. The molecule has 1 aromatic carbocycles. The molecule has 11 nitrogen and oxygen atoms in total. The molecule has 3 amide bonds. The molecule has 0 aliphatic carbocycles. The van der Waals surface area contributed by atoms with Gasteiger partial charge in [0.15, 0.2) is 0 Å². The highest BCUT2D eigenvalue weighted by Crippen LogP contribution is 2.54. The summed E-state index contributed by atoms with van der Waals surface area (Å²) in [5.41, 5.74) is -0.863. The number of likely N-dealkylation sites (tertiary alicyclic amines) is 1. The van der Waals surface area contributed by atoms with Crippen molar-refractivity contribution in [2.24, 2.45) is 17.8 Å². The lowest BCUT2D eigenvalue weighted by Crippen LogP contribution is -2.58. The SMILES string of the molecule is COc1ccc(N2CC=C[C@]34O[C@@H]5/C=C\CCC(=O)NC[C@@H](C)OC(=O)[C@@H]5[C@H]3C(=O)N([C@@H](CO)CC(C)C)[C@@H]4C2=O)cc1. The van der Waals surface area contributed by atoms with Crippen LogP contribution in [0.2, 0.25) is 0 Å². The molecule has 11 heteroatoms. The molecular formula is C32H41N3O8. The van der Waals surface area contributed by atoms with E-state index in [1.165, 1.54) is 4.90 Å². The minimum atomic E-state index is -1.48. The lowest BCUT2D eigenvalue weighted by Gasteiger charge is -2.39. The molecule has 2 saturated heterocycles. The van der Waals surface area contributed by atoms with E-state index in [2.05, 4.69) is 5.32 Å². The minimum Gasteiger partial charge on any atom is -0.497 e. The number of carbonyl (C=O) groups excluding carboxylic acids is 4. The van der Waals surface area contributed by atoms with Gasteiger partial charge in [0, 0.05) is 18.7 Å². The number of rotatable bonds is 6. The molecule has 1 aromatic rings. The van der Waals surface area contributed by atoms with Crippen molar-refractivity contribution in [3.8, 4) is 5.75 Å². The molecule has 7 atom stereocenters. The van der Waals surface area contributed by atoms with Crippen LogP contribution < -0.4 is 15.0 Å². The van der Waals surface area contributed by atoms with Crippen LogP contribution in [0, 0.1) is 17.8 Å². The minimum absolute atomic E-state index is 0.120. The summed E-state index contributed by atoms with van der Waals surface area (Å²) in [7, 11) is 1.56. The number of methoxy groups -OCH3 is 1. The standard InChI is InChI=1S/C32H41N3O8/c1-19(2)16-22(18-36)35-28-30(39)34(21-10-12-23(41-4)13-11-21)15-7-14-32(28)27(29(35)38)26-24(43-32)8-5-6-9-25(37)33-17-20(3)42-31(26)40/h5,7-8,10-14,19-20,22,24,26-28,36H,6,9,15-18H2,1-4H3,(H,33,37)/b8-5-/t20-,22-,24-,26+,27+,28-,32+/m1/s1. The number of carbonyl (C=O) groups is 4. The van der Waals surface area contributed by atoms with Crippen LogP contribution in [0.5, 0.6) is 5.75 Å². The van der Waals surface area contributed by atoms with E-state index >= 15 is 0 Å². The van der Waals surface area contributed by atoms with Gasteiger partial charge in [-0.2, -0.15) is 0 Å². The molecule has 2 fully saturated rings. The number of aliphatic hydroxyl groups is 1. The van der Waals surface area contributed by atoms with Gasteiger partial charge in [-0.25, -0.2) is 0 Å². The fraction of sp³-hybridized carbons (Fsp3) is 0.562. The van der Waals surface area contributed by atoms with Gasteiger partial charge >= 0.3 is 5.97 Å². The summed E-state index contributed by atoms with van der Waals surface area (Å²) in [6.07, 6.45) is 6.66. The van der Waals surface area contributed by atoms with E-state index in [1.807, 2.05) is 13.8 Å². The largest absolute Gasteiger partial charge is 0.497 e. The van der Waals surface area contributed by atoms with Gasteiger partial charge in [-0.1, -0.05) is 38.2 Å². The topological polar surface area (TPSA) is 135 Å². The Bertz CT molecular complexity index is 1290. The molecule has 4 heterocycles. The number of cyclic esters (lactones) is 1. The molecular weight excluding hydrogens is 554 g/mol. The third kappa shape index (κ3) is 5.68. The Kier molecular flexibility index (Phi) is 8.94. The summed E-state index contributed by atoms with van der Waals surface area (Å²) in [6.45, 7) is 5.66. The fourth-order valence-electron chi connectivity index (χ4n) is 6.81. The first kappa shape index (κ1) is 30.7. The van der Waals surface area contributed by atoms with Crippen molar-refractivity contribution in [3.63, 3.8) is 0 Å². The zero-order valence-corrected chi connectivity index (χ0v) is 25.1. The summed E-state index contributed by atoms with van der Waals surface area (Å²) in [6, 6.07) is 5.27. The summed E-state index contributed by atoms with van der Waals surface area (Å²) < 4.78 is 17.7. The van der Waals surface area contributed by atoms with Gasteiger partial charge < -0.3 is 34.4 Å². The molecule has 0 unspecified atom stereocenters. The first-order chi connectivity index (χ1) is 20.6. The average molecular weight is 596 g/mol. The van der Waals surface area contributed by atoms with Crippen LogP contribution in [0.1, 0.15) is 40.0 Å². The number of fused-ring (bicyclic) bond motifs is 2. The molecule has 2 N–H and O–H groups in total. The molecule has 0 radical (unpaired) electrons. The summed E-state index contributed by atoms with van der Waals surface area (Å²) in [4.78, 5) is 58.2. The van der Waals surface area contributed by atoms with Crippen LogP contribution in [-0.2, 0) is 28.7 Å². The third-order valence-corrected chi connectivity index (χ3v) is 8.70. The second-order valence-electron chi connectivity index (χ2n) is 12.1. The zero-order chi connectivity index (χ0) is 30.9. The van der Waals surface area contributed by atoms with Crippen LogP contribution in [0.4, 0.5) is 5.69 Å². The lowest BCUT2D eigenvalue weighted by atomic mass is 9.78. The van der Waals surface area contributed by atoms with Gasteiger partial charge in [0.05, 0.1) is 38.3 Å². The second-order valence-corrected chi connectivity index (χ2v) is 12.1. The van der Waals surface area contributed by atoms with E-state index in [1.54, 1.807) is 67.5 Å². The van der Waals surface area contributed by atoms with E-state index in [-0.39, 0.29) is 43.8 Å². The number of hydrogen-bond donors (Lipinski definition) is 2. The first-order valence-electron chi connectivity index (χ1n) is 15.0. The second kappa shape index (κ2) is 12.5. The van der Waals surface area contributed by atoms with E-state index in [0.717, 1.165) is 0 Å². The quantitative estimate of drug-likeness (QED) is 0.377. The smallest absolute Gasteiger partial charge is 0.313 e. The Morgan fingerprint density at radius 3 is 2.53 bits per heavy atom. The van der Waals surface area contributed by atoms with E-state index in [4.69, 9.17) is 14.2 Å². The van der Waals surface area contributed by atoms with E-state index in [9.17, 15) is 24.3 Å². The van der Waals surface area contributed by atoms with Crippen molar-refractivity contribution in [1.29, 1.82) is 0 Å². The summed E-state index contributed by atoms with van der Waals surface area (Å²) >= 11 is 0. The van der Waals surface area contributed by atoms with Crippen LogP contribution >= 0.6 is 0 Å². The number of ether oxygens (including phenoxy) is 3. The predicted molar refractivity (Wildman–Crippen MR) is 157 cm³/mol. The maximum Gasteiger partial charge on any atom is 0.313 e. The van der Waals surface area contributed by atoms with Crippen molar-refractivity contribution in [2.45, 2.75) is 69.9 Å². The number of anilines is 1. The number of esters is 1. The van der Waals surface area contributed by atoms with E-state index < -0.39 is 53.6 Å². The average Bonchev–Trinajstić information content (AvgIpc) is 3.37. The number of amides is 3. The molecule has 0 aromatic heterocycles. The van der Waals surface area contributed by atoms with Crippen LogP contribution in [-0.4, -0.2) is 90.4 Å². The van der Waals surface area contributed by atoms with Crippen molar-refractivity contribution in [3.05, 3.63) is 48.6 Å². The fourth-order valence-corrected chi connectivity index (χ4v) is 6.81. The molecule has 0 bridgehead atoms. The van der Waals surface area contributed by atoms with E-state index in [0.29, 0.717) is 24.3 Å². The number of allylic oxidation sites excluding steroid dienone is 1. The van der Waals surface area contributed by atoms with Gasteiger partial charge in [0.25, 0.3) is 5.91 Å². The first-order valence-corrected chi connectivity index (χ1v) is 15.0. The lowest BCUT2D eigenvalue weighted by molar-refractivity contribution is -0.159. The predicted octanol–water partition coefficient (Wildman–Crippen LogP) is 1.98. The maximum atomic E-state index is 14.6. The van der Waals surface area contributed by atoms with Crippen molar-refractivity contribution in [2.75, 3.05) is 31.7 Å². The number of benzene rings is 1. The highest BCUT2D eigenvalue weighted by Gasteiger charge is 2.72. The Morgan fingerprint density at radius 1 is 1.12 bits per heavy atom. The van der Waals surface area contributed by atoms with Gasteiger partial charge in [-0.3, -0.25) is 19.2 Å².